The van der Waals surface area contributed by atoms with E-state index in [1.165, 1.54) is 0 Å². The molecular formula is C14H14N2O. The van der Waals surface area contributed by atoms with Crippen LogP contribution < -0.4 is 5.32 Å². The second kappa shape index (κ2) is 5.16. The summed E-state index contributed by atoms with van der Waals surface area (Å²) in [6.07, 6.45) is 5.52. The molecule has 0 bridgehead atoms. The predicted octanol–water partition coefficient (Wildman–Crippen LogP) is 3.40. The van der Waals surface area contributed by atoms with Gasteiger partial charge in [0.05, 0.1) is 0 Å². The Kier molecular flexibility index (Phi) is 3.40. The van der Waals surface area contributed by atoms with Gasteiger partial charge in [-0.1, -0.05) is 18.2 Å². The number of aromatic nitrogens is 1. The minimum absolute atomic E-state index is 0.263. The van der Waals surface area contributed by atoms with Gasteiger partial charge in [0, 0.05) is 11.8 Å². The van der Waals surface area contributed by atoms with Crippen LogP contribution in [-0.4, -0.2) is 10.1 Å². The Bertz CT molecular complexity index is 518. The Hall–Kier alpha value is -2.29. The molecule has 0 saturated heterocycles. The summed E-state index contributed by atoms with van der Waals surface area (Å²) in [6.45, 7) is 1.94. The highest BCUT2D eigenvalue weighted by atomic mass is 16.3. The molecule has 0 atom stereocenters. The number of phenols is 1. The second-order valence-corrected chi connectivity index (χ2v) is 3.63. The van der Waals surface area contributed by atoms with E-state index in [0.717, 1.165) is 16.9 Å². The maximum Gasteiger partial charge on any atom is 0.129 e. The van der Waals surface area contributed by atoms with E-state index in [-0.39, 0.29) is 5.75 Å². The summed E-state index contributed by atoms with van der Waals surface area (Å²) >= 11 is 0. The Morgan fingerprint density at radius 1 is 1.18 bits per heavy atom. The number of rotatable bonds is 3. The van der Waals surface area contributed by atoms with Crippen molar-refractivity contribution >= 4 is 5.82 Å². The Labute approximate surface area is 100 Å². The molecule has 0 aliphatic rings. The van der Waals surface area contributed by atoms with Crippen molar-refractivity contribution in [2.24, 2.45) is 0 Å². The average Bonchev–Trinajstić information content (AvgIpc) is 2.37. The standard InChI is InChI=1S/C14H14N2O/c1-2-8-15-14-7-6-12(10-16-14)11-4-3-5-13(17)9-11/h2-10,17H,1H3,(H,15,16)/b8-2+. The molecular weight excluding hydrogens is 212 g/mol. The number of hydrogen-bond donors (Lipinski definition) is 2. The first kappa shape index (κ1) is 11.2. The molecule has 1 aromatic heterocycles. The van der Waals surface area contributed by atoms with E-state index < -0.39 is 0 Å². The maximum atomic E-state index is 9.40. The van der Waals surface area contributed by atoms with Gasteiger partial charge in [0.25, 0.3) is 0 Å². The van der Waals surface area contributed by atoms with Crippen molar-refractivity contribution in [3.05, 3.63) is 54.9 Å². The second-order valence-electron chi connectivity index (χ2n) is 3.63. The van der Waals surface area contributed by atoms with Gasteiger partial charge in [0.15, 0.2) is 0 Å². The van der Waals surface area contributed by atoms with Gasteiger partial charge < -0.3 is 10.4 Å². The van der Waals surface area contributed by atoms with Gasteiger partial charge in [-0.25, -0.2) is 4.98 Å². The normalized spacial score (nSPS) is 10.6. The van der Waals surface area contributed by atoms with E-state index >= 15 is 0 Å². The van der Waals surface area contributed by atoms with Crippen molar-refractivity contribution in [2.45, 2.75) is 6.92 Å². The van der Waals surface area contributed by atoms with Crippen molar-refractivity contribution in [1.82, 2.24) is 4.98 Å². The summed E-state index contributed by atoms with van der Waals surface area (Å²) in [5, 5.41) is 12.4. The number of pyridine rings is 1. The first-order valence-corrected chi connectivity index (χ1v) is 5.43. The molecule has 0 aliphatic carbocycles. The minimum atomic E-state index is 0.263. The molecule has 2 rings (SSSR count). The lowest BCUT2D eigenvalue weighted by Gasteiger charge is -2.04. The van der Waals surface area contributed by atoms with E-state index in [2.05, 4.69) is 10.3 Å². The molecule has 3 nitrogen and oxygen atoms in total. The number of anilines is 1. The largest absolute Gasteiger partial charge is 0.508 e. The third kappa shape index (κ3) is 2.84. The lowest BCUT2D eigenvalue weighted by Crippen LogP contribution is -1.90. The van der Waals surface area contributed by atoms with Crippen LogP contribution in [0.1, 0.15) is 6.92 Å². The molecule has 0 aliphatic heterocycles. The fraction of sp³-hybridized carbons (Fsp3) is 0.0714. The highest BCUT2D eigenvalue weighted by Gasteiger charge is 1.99. The summed E-state index contributed by atoms with van der Waals surface area (Å²) in [5.74, 6) is 1.06. The van der Waals surface area contributed by atoms with Gasteiger partial charge >= 0.3 is 0 Å². The zero-order chi connectivity index (χ0) is 12.1. The summed E-state index contributed by atoms with van der Waals surface area (Å²) in [6, 6.07) is 11.0. The molecule has 0 saturated carbocycles. The van der Waals surface area contributed by atoms with Crippen LogP contribution >= 0.6 is 0 Å². The number of aromatic hydroxyl groups is 1. The van der Waals surface area contributed by atoms with Crippen LogP contribution in [0.3, 0.4) is 0 Å². The van der Waals surface area contributed by atoms with Crippen LogP contribution in [0.2, 0.25) is 0 Å². The van der Waals surface area contributed by atoms with Gasteiger partial charge in [-0.2, -0.15) is 0 Å². The van der Waals surface area contributed by atoms with Crippen LogP contribution in [0.15, 0.2) is 54.9 Å². The Balaban J connectivity index is 2.23. The topological polar surface area (TPSA) is 45.1 Å². The summed E-state index contributed by atoms with van der Waals surface area (Å²) in [5.41, 5.74) is 1.93. The highest BCUT2D eigenvalue weighted by Crippen LogP contribution is 2.23. The molecule has 0 radical (unpaired) electrons. The smallest absolute Gasteiger partial charge is 0.129 e. The highest BCUT2D eigenvalue weighted by molar-refractivity contribution is 5.65. The fourth-order valence-electron chi connectivity index (χ4n) is 1.50. The molecule has 2 N–H and O–H groups in total. The third-order valence-electron chi connectivity index (χ3n) is 2.34. The first-order valence-electron chi connectivity index (χ1n) is 5.43. The molecule has 17 heavy (non-hydrogen) atoms. The molecule has 3 heteroatoms. The van der Waals surface area contributed by atoms with Crippen LogP contribution in [0.4, 0.5) is 5.82 Å². The molecule has 86 valence electrons. The monoisotopic (exact) mass is 226 g/mol. The summed E-state index contributed by atoms with van der Waals surface area (Å²) in [7, 11) is 0. The maximum absolute atomic E-state index is 9.40. The number of nitrogens with one attached hydrogen (secondary N) is 1. The zero-order valence-corrected chi connectivity index (χ0v) is 9.59. The molecule has 0 fully saturated rings. The molecule has 1 heterocycles. The number of benzene rings is 1. The van der Waals surface area contributed by atoms with Gasteiger partial charge in [0.1, 0.15) is 11.6 Å². The molecule has 2 aromatic rings. The van der Waals surface area contributed by atoms with Crippen molar-refractivity contribution in [2.75, 3.05) is 5.32 Å². The van der Waals surface area contributed by atoms with Crippen molar-refractivity contribution in [1.29, 1.82) is 0 Å². The SMILES string of the molecule is C/C=C/Nc1ccc(-c2cccc(O)c2)cn1. The summed E-state index contributed by atoms with van der Waals surface area (Å²) < 4.78 is 0. The number of nitrogens with zero attached hydrogens (tertiary/aromatic N) is 1. The first-order chi connectivity index (χ1) is 8.29. The van der Waals surface area contributed by atoms with Gasteiger partial charge in [-0.3, -0.25) is 0 Å². The van der Waals surface area contributed by atoms with Crippen molar-refractivity contribution in [3.63, 3.8) is 0 Å². The van der Waals surface area contributed by atoms with E-state index in [1.54, 1.807) is 18.3 Å². The van der Waals surface area contributed by atoms with Gasteiger partial charge in [-0.15, -0.1) is 0 Å². The number of hydrogen-bond acceptors (Lipinski definition) is 3. The van der Waals surface area contributed by atoms with Crippen LogP contribution in [0, 0.1) is 0 Å². The third-order valence-corrected chi connectivity index (χ3v) is 2.34. The lowest BCUT2D eigenvalue weighted by molar-refractivity contribution is 0.475. The van der Waals surface area contributed by atoms with E-state index in [1.807, 2.05) is 43.5 Å². The number of phenolic OH excluding ortho intramolecular Hbond substituents is 1. The molecule has 1 aromatic carbocycles. The zero-order valence-electron chi connectivity index (χ0n) is 9.59. The predicted molar refractivity (Wildman–Crippen MR) is 69.8 cm³/mol. The molecule has 0 unspecified atom stereocenters. The summed E-state index contributed by atoms with van der Waals surface area (Å²) in [4.78, 5) is 4.28. The van der Waals surface area contributed by atoms with Crippen molar-refractivity contribution in [3.8, 4) is 16.9 Å². The van der Waals surface area contributed by atoms with E-state index in [4.69, 9.17) is 0 Å². The van der Waals surface area contributed by atoms with Crippen LogP contribution in [0.25, 0.3) is 11.1 Å². The lowest BCUT2D eigenvalue weighted by atomic mass is 10.1. The fourth-order valence-corrected chi connectivity index (χ4v) is 1.50. The number of allylic oxidation sites excluding steroid dienone is 1. The Morgan fingerprint density at radius 2 is 2.06 bits per heavy atom. The minimum Gasteiger partial charge on any atom is -0.508 e. The van der Waals surface area contributed by atoms with Crippen molar-refractivity contribution < 1.29 is 5.11 Å². The van der Waals surface area contributed by atoms with Gasteiger partial charge in [-0.05, 0) is 43.0 Å². The molecule has 0 amide bonds. The van der Waals surface area contributed by atoms with Gasteiger partial charge in [0.2, 0.25) is 0 Å². The molecule has 0 spiro atoms. The van der Waals surface area contributed by atoms with E-state index in [9.17, 15) is 5.11 Å². The van der Waals surface area contributed by atoms with Crippen LogP contribution in [0.5, 0.6) is 5.75 Å². The van der Waals surface area contributed by atoms with Crippen LogP contribution in [-0.2, 0) is 0 Å². The average molecular weight is 226 g/mol. The quantitative estimate of drug-likeness (QED) is 0.843. The Morgan fingerprint density at radius 3 is 2.71 bits per heavy atom. The van der Waals surface area contributed by atoms with E-state index in [0.29, 0.717) is 0 Å².